The first-order chi connectivity index (χ1) is 5.77. The highest BCUT2D eigenvalue weighted by atomic mass is 16.5. The molecular weight excluding hydrogens is 160 g/mol. The van der Waals surface area contributed by atoms with Gasteiger partial charge in [0.05, 0.1) is 19.9 Å². The maximum absolute atomic E-state index is 10.9. The van der Waals surface area contributed by atoms with Gasteiger partial charge in [0.2, 0.25) is 0 Å². The lowest BCUT2D eigenvalue weighted by Gasteiger charge is -1.96. The number of hydrogen-bond acceptors (Lipinski definition) is 6. The van der Waals surface area contributed by atoms with Crippen molar-refractivity contribution in [2.24, 2.45) is 5.73 Å². The molecule has 0 saturated carbocycles. The fourth-order valence-electron chi connectivity index (χ4n) is 0.591. The van der Waals surface area contributed by atoms with Gasteiger partial charge < -0.3 is 10.5 Å². The van der Waals surface area contributed by atoms with E-state index in [0.717, 1.165) is 0 Å². The van der Waals surface area contributed by atoms with Crippen LogP contribution in [-0.2, 0) is 0 Å². The van der Waals surface area contributed by atoms with Crippen molar-refractivity contribution in [2.75, 3.05) is 13.7 Å². The van der Waals surface area contributed by atoms with Gasteiger partial charge in [-0.25, -0.2) is 0 Å². The van der Waals surface area contributed by atoms with E-state index in [9.17, 15) is 4.79 Å². The average Bonchev–Trinajstić information content (AvgIpc) is 2.17. The second-order valence-electron chi connectivity index (χ2n) is 1.96. The van der Waals surface area contributed by atoms with E-state index < -0.39 is 0 Å². The van der Waals surface area contributed by atoms with Crippen molar-refractivity contribution in [3.63, 3.8) is 0 Å². The van der Waals surface area contributed by atoms with E-state index in [4.69, 9.17) is 5.73 Å². The quantitative estimate of drug-likeness (QED) is 0.583. The zero-order valence-corrected chi connectivity index (χ0v) is 6.52. The van der Waals surface area contributed by atoms with Gasteiger partial charge in [-0.3, -0.25) is 4.79 Å². The number of ether oxygens (including phenoxy) is 1. The maximum Gasteiger partial charge on any atom is 0.335 e. The molecule has 1 rings (SSSR count). The van der Waals surface area contributed by atoms with Gasteiger partial charge in [-0.1, -0.05) is 5.10 Å². The van der Waals surface area contributed by atoms with Crippen LogP contribution in [0.2, 0.25) is 0 Å². The summed E-state index contributed by atoms with van der Waals surface area (Å²) in [5.74, 6) is -0.294. The summed E-state index contributed by atoms with van der Waals surface area (Å²) in [6.45, 7) is -0.0946. The van der Waals surface area contributed by atoms with Gasteiger partial charge in [-0.05, 0) is 0 Å². The minimum absolute atomic E-state index is 0.0946. The first-order valence-electron chi connectivity index (χ1n) is 3.25. The summed E-state index contributed by atoms with van der Waals surface area (Å²) >= 11 is 0. The van der Waals surface area contributed by atoms with Crippen LogP contribution in [0.25, 0.3) is 0 Å². The van der Waals surface area contributed by atoms with Crippen molar-refractivity contribution in [2.45, 2.75) is 0 Å². The topological polar surface area (TPSA) is 91.0 Å². The van der Waals surface area contributed by atoms with E-state index >= 15 is 0 Å². The van der Waals surface area contributed by atoms with Gasteiger partial charge in [0.25, 0.3) is 0 Å². The number of hydrogen-bond donors (Lipinski definition) is 1. The van der Waals surface area contributed by atoms with Crippen LogP contribution in [0.4, 0.5) is 0 Å². The molecular formula is C6H8N4O2. The molecule has 0 amide bonds. The third-order valence-electron chi connectivity index (χ3n) is 1.19. The third kappa shape index (κ3) is 1.73. The fraction of sp³-hybridized carbons (Fsp3) is 0.333. The Morgan fingerprint density at radius 1 is 1.67 bits per heavy atom. The van der Waals surface area contributed by atoms with Crippen molar-refractivity contribution in [3.05, 3.63) is 11.9 Å². The third-order valence-corrected chi connectivity index (χ3v) is 1.19. The maximum atomic E-state index is 10.9. The second kappa shape index (κ2) is 3.72. The summed E-state index contributed by atoms with van der Waals surface area (Å²) in [5, 5.41) is 7.06. The Morgan fingerprint density at radius 2 is 2.42 bits per heavy atom. The molecule has 0 fully saturated rings. The van der Waals surface area contributed by atoms with Crippen LogP contribution in [0.5, 0.6) is 6.01 Å². The summed E-state index contributed by atoms with van der Waals surface area (Å²) < 4.78 is 4.66. The lowest BCUT2D eigenvalue weighted by atomic mass is 10.3. The van der Waals surface area contributed by atoms with Gasteiger partial charge in [0.1, 0.15) is 5.69 Å². The lowest BCUT2D eigenvalue weighted by Crippen LogP contribution is -2.16. The van der Waals surface area contributed by atoms with Crippen molar-refractivity contribution >= 4 is 5.78 Å². The van der Waals surface area contributed by atoms with Crippen LogP contribution in [0.1, 0.15) is 10.5 Å². The summed E-state index contributed by atoms with van der Waals surface area (Å²) in [6, 6.07) is 0.128. The highest BCUT2D eigenvalue weighted by molar-refractivity contribution is 5.95. The van der Waals surface area contributed by atoms with Gasteiger partial charge in [-0.15, -0.1) is 5.10 Å². The number of Topliss-reactive ketones (excluding diaryl/α,β-unsaturated/α-hetero) is 1. The van der Waals surface area contributed by atoms with Crippen molar-refractivity contribution in [1.82, 2.24) is 15.2 Å². The summed E-state index contributed by atoms with van der Waals surface area (Å²) in [4.78, 5) is 14.6. The Morgan fingerprint density at radius 3 is 2.83 bits per heavy atom. The summed E-state index contributed by atoms with van der Waals surface area (Å²) in [5.41, 5.74) is 5.25. The molecule has 1 heterocycles. The van der Waals surface area contributed by atoms with E-state index in [2.05, 4.69) is 19.9 Å². The number of ketones is 1. The smallest absolute Gasteiger partial charge is 0.335 e. The molecule has 1 aromatic rings. The Bertz CT molecular complexity index is 271. The number of carbonyl (C=O) groups is 1. The predicted molar refractivity (Wildman–Crippen MR) is 39.8 cm³/mol. The van der Waals surface area contributed by atoms with E-state index in [1.165, 1.54) is 13.3 Å². The van der Waals surface area contributed by atoms with Crippen LogP contribution in [0, 0.1) is 0 Å². The number of nitrogens with zero attached hydrogens (tertiary/aromatic N) is 3. The van der Waals surface area contributed by atoms with E-state index in [1.807, 2.05) is 0 Å². The minimum atomic E-state index is -0.294. The number of methoxy groups -OCH3 is 1. The second-order valence-corrected chi connectivity index (χ2v) is 1.96. The molecule has 0 aliphatic heterocycles. The zero-order valence-electron chi connectivity index (χ0n) is 6.52. The van der Waals surface area contributed by atoms with Gasteiger partial charge >= 0.3 is 6.01 Å². The normalized spacial score (nSPS) is 9.50. The molecule has 0 aliphatic carbocycles. The van der Waals surface area contributed by atoms with Crippen molar-refractivity contribution in [3.8, 4) is 6.01 Å². The molecule has 0 spiro atoms. The number of nitrogens with two attached hydrogens (primary N) is 1. The molecule has 0 aliphatic rings. The Hall–Kier alpha value is -1.56. The lowest BCUT2D eigenvalue weighted by molar-refractivity contribution is 0.0995. The summed E-state index contributed by atoms with van der Waals surface area (Å²) in [7, 11) is 1.42. The molecule has 0 aromatic carbocycles. The number of rotatable bonds is 3. The van der Waals surface area contributed by atoms with Crippen LogP contribution < -0.4 is 10.5 Å². The van der Waals surface area contributed by atoms with Gasteiger partial charge in [0.15, 0.2) is 5.78 Å². The van der Waals surface area contributed by atoms with Crippen LogP contribution >= 0.6 is 0 Å². The number of carbonyl (C=O) groups excluding carboxylic acids is 1. The molecule has 64 valence electrons. The molecule has 6 heteroatoms. The SMILES string of the molecule is COc1ncc(C(=O)CN)nn1. The highest BCUT2D eigenvalue weighted by Gasteiger charge is 2.06. The molecule has 2 N–H and O–H groups in total. The summed E-state index contributed by atoms with van der Waals surface area (Å²) in [6.07, 6.45) is 1.28. The molecule has 12 heavy (non-hydrogen) atoms. The fourth-order valence-corrected chi connectivity index (χ4v) is 0.591. The average molecular weight is 168 g/mol. The Kier molecular flexibility index (Phi) is 2.65. The molecule has 0 radical (unpaired) electrons. The van der Waals surface area contributed by atoms with E-state index in [1.54, 1.807) is 0 Å². The van der Waals surface area contributed by atoms with Crippen LogP contribution in [0.15, 0.2) is 6.20 Å². The molecule has 6 nitrogen and oxygen atoms in total. The van der Waals surface area contributed by atoms with Crippen molar-refractivity contribution in [1.29, 1.82) is 0 Å². The van der Waals surface area contributed by atoms with Gasteiger partial charge in [0, 0.05) is 0 Å². The first-order valence-corrected chi connectivity index (χ1v) is 3.25. The monoisotopic (exact) mass is 168 g/mol. The zero-order chi connectivity index (χ0) is 8.97. The first kappa shape index (κ1) is 8.54. The van der Waals surface area contributed by atoms with Crippen LogP contribution in [0.3, 0.4) is 0 Å². The Balaban J connectivity index is 2.84. The van der Waals surface area contributed by atoms with Crippen molar-refractivity contribution < 1.29 is 9.53 Å². The molecule has 0 bridgehead atoms. The minimum Gasteiger partial charge on any atom is -0.466 e. The number of aromatic nitrogens is 3. The predicted octanol–water partition coefficient (Wildman–Crippen LogP) is -0.978. The molecule has 0 atom stereocenters. The molecule has 1 aromatic heterocycles. The highest BCUT2D eigenvalue weighted by Crippen LogP contribution is 1.97. The molecule has 0 saturated heterocycles. The van der Waals surface area contributed by atoms with E-state index in [-0.39, 0.29) is 24.0 Å². The van der Waals surface area contributed by atoms with E-state index in [0.29, 0.717) is 0 Å². The largest absolute Gasteiger partial charge is 0.466 e. The molecule has 0 unspecified atom stereocenters. The standard InChI is InChI=1S/C6H8N4O2/c1-12-6-8-3-4(9-10-6)5(11)2-7/h3H,2,7H2,1H3. The van der Waals surface area contributed by atoms with Crippen LogP contribution in [-0.4, -0.2) is 34.6 Å². The van der Waals surface area contributed by atoms with Gasteiger partial charge in [-0.2, -0.15) is 4.98 Å². The Labute approximate surface area is 68.8 Å².